The Kier molecular flexibility index (Phi) is 3.94. The average molecular weight is 221 g/mol. The van der Waals surface area contributed by atoms with Crippen molar-refractivity contribution < 1.29 is 4.39 Å². The molecule has 2 heteroatoms. The molecule has 1 nitrogen and oxygen atoms in total. The topological polar surface area (TPSA) is 12.0 Å². The van der Waals surface area contributed by atoms with Crippen LogP contribution in [0.3, 0.4) is 0 Å². The van der Waals surface area contributed by atoms with E-state index in [4.69, 9.17) is 0 Å². The Morgan fingerprint density at radius 1 is 1.12 bits per heavy atom. The molecule has 0 radical (unpaired) electrons. The van der Waals surface area contributed by atoms with Gasteiger partial charge in [0.25, 0.3) is 0 Å². The van der Waals surface area contributed by atoms with Gasteiger partial charge in [0.2, 0.25) is 0 Å². The summed E-state index contributed by atoms with van der Waals surface area (Å²) < 4.78 is 12.8. The predicted molar refractivity (Wildman–Crippen MR) is 65.1 cm³/mol. The Balaban J connectivity index is 1.91. The summed E-state index contributed by atoms with van der Waals surface area (Å²) in [4.78, 5) is 0. The highest BCUT2D eigenvalue weighted by atomic mass is 19.1. The Bertz CT molecular complexity index is 312. The summed E-state index contributed by atoms with van der Waals surface area (Å²) in [7, 11) is 0. The molecule has 88 valence electrons. The van der Waals surface area contributed by atoms with Gasteiger partial charge in [-0.3, -0.25) is 0 Å². The fourth-order valence-corrected chi connectivity index (χ4v) is 2.65. The molecule has 0 aliphatic heterocycles. The van der Waals surface area contributed by atoms with Crippen molar-refractivity contribution in [2.24, 2.45) is 0 Å². The summed E-state index contributed by atoms with van der Waals surface area (Å²) >= 11 is 0. The first-order valence-electron chi connectivity index (χ1n) is 6.28. The third kappa shape index (κ3) is 2.82. The number of hydrogen-bond donors (Lipinski definition) is 1. The number of rotatable bonds is 3. The zero-order chi connectivity index (χ0) is 11.4. The number of nitrogens with one attached hydrogen (secondary N) is 1. The second-order valence-electron chi connectivity index (χ2n) is 4.66. The Hall–Kier alpha value is -0.890. The number of benzene rings is 1. The van der Waals surface area contributed by atoms with Crippen LogP contribution in [0.15, 0.2) is 24.3 Å². The molecule has 0 saturated heterocycles. The molecule has 2 rings (SSSR count). The van der Waals surface area contributed by atoms with Crippen LogP contribution in [-0.2, 0) is 0 Å². The fraction of sp³-hybridized carbons (Fsp3) is 0.571. The maximum absolute atomic E-state index is 12.8. The molecule has 0 unspecified atom stereocenters. The Labute approximate surface area is 97.1 Å². The molecule has 1 N–H and O–H groups in total. The summed E-state index contributed by atoms with van der Waals surface area (Å²) in [6.45, 7) is 3.22. The molecule has 0 aromatic heterocycles. The van der Waals surface area contributed by atoms with Crippen molar-refractivity contribution in [2.45, 2.75) is 44.6 Å². The van der Waals surface area contributed by atoms with Crippen molar-refractivity contribution in [3.8, 4) is 0 Å². The zero-order valence-electron chi connectivity index (χ0n) is 9.88. The first kappa shape index (κ1) is 11.6. The lowest BCUT2D eigenvalue weighted by atomic mass is 9.82. The normalized spacial score (nSPS) is 25.6. The molecule has 0 bridgehead atoms. The van der Waals surface area contributed by atoms with Crippen molar-refractivity contribution >= 4 is 0 Å². The van der Waals surface area contributed by atoms with Gasteiger partial charge in [-0.25, -0.2) is 4.39 Å². The molecule has 1 aliphatic rings. The van der Waals surface area contributed by atoms with Crippen LogP contribution in [0.4, 0.5) is 4.39 Å². The third-order valence-corrected chi connectivity index (χ3v) is 3.56. The molecule has 0 spiro atoms. The maximum atomic E-state index is 12.8. The van der Waals surface area contributed by atoms with Gasteiger partial charge in [0, 0.05) is 6.04 Å². The molecule has 1 aromatic carbocycles. The van der Waals surface area contributed by atoms with E-state index in [1.807, 2.05) is 12.1 Å². The van der Waals surface area contributed by atoms with E-state index in [2.05, 4.69) is 12.2 Å². The van der Waals surface area contributed by atoms with Gasteiger partial charge in [0.05, 0.1) is 0 Å². The first-order valence-corrected chi connectivity index (χ1v) is 6.28. The molecule has 1 saturated carbocycles. The lowest BCUT2D eigenvalue weighted by Crippen LogP contribution is -2.32. The third-order valence-electron chi connectivity index (χ3n) is 3.56. The molecule has 1 aromatic rings. The van der Waals surface area contributed by atoms with Gasteiger partial charge in [0.15, 0.2) is 0 Å². The highest BCUT2D eigenvalue weighted by Crippen LogP contribution is 2.32. The van der Waals surface area contributed by atoms with E-state index in [1.165, 1.54) is 31.2 Å². The van der Waals surface area contributed by atoms with E-state index in [-0.39, 0.29) is 5.82 Å². The summed E-state index contributed by atoms with van der Waals surface area (Å²) in [5.74, 6) is 0.501. The van der Waals surface area contributed by atoms with Crippen LogP contribution < -0.4 is 5.32 Å². The van der Waals surface area contributed by atoms with Crippen molar-refractivity contribution in [1.82, 2.24) is 5.32 Å². The Morgan fingerprint density at radius 3 is 2.31 bits per heavy atom. The summed E-state index contributed by atoms with van der Waals surface area (Å²) in [6.07, 6.45) is 4.94. The van der Waals surface area contributed by atoms with Gasteiger partial charge in [-0.2, -0.15) is 0 Å². The van der Waals surface area contributed by atoms with Crippen LogP contribution in [0.5, 0.6) is 0 Å². The number of hydrogen-bond acceptors (Lipinski definition) is 1. The monoisotopic (exact) mass is 221 g/mol. The van der Waals surface area contributed by atoms with Gasteiger partial charge >= 0.3 is 0 Å². The van der Waals surface area contributed by atoms with E-state index < -0.39 is 0 Å². The minimum atomic E-state index is -0.134. The van der Waals surface area contributed by atoms with Crippen LogP contribution in [0.2, 0.25) is 0 Å². The van der Waals surface area contributed by atoms with Gasteiger partial charge in [-0.15, -0.1) is 0 Å². The van der Waals surface area contributed by atoms with Crippen LogP contribution in [0, 0.1) is 5.82 Å². The van der Waals surface area contributed by atoms with Crippen molar-refractivity contribution in [3.05, 3.63) is 35.6 Å². The summed E-state index contributed by atoms with van der Waals surface area (Å²) in [5, 5.41) is 3.51. The van der Waals surface area contributed by atoms with Gasteiger partial charge in [-0.05, 0) is 55.8 Å². The predicted octanol–water partition coefficient (Wildman–Crippen LogP) is 3.46. The van der Waals surface area contributed by atoms with E-state index in [9.17, 15) is 4.39 Å². The zero-order valence-corrected chi connectivity index (χ0v) is 9.88. The maximum Gasteiger partial charge on any atom is 0.123 e. The van der Waals surface area contributed by atoms with Crippen LogP contribution >= 0.6 is 0 Å². The van der Waals surface area contributed by atoms with Crippen LogP contribution in [0.25, 0.3) is 0 Å². The van der Waals surface area contributed by atoms with Crippen molar-refractivity contribution in [2.75, 3.05) is 6.54 Å². The van der Waals surface area contributed by atoms with E-state index >= 15 is 0 Å². The van der Waals surface area contributed by atoms with Crippen LogP contribution in [-0.4, -0.2) is 12.6 Å². The molecule has 16 heavy (non-hydrogen) atoms. The molecule has 1 aliphatic carbocycles. The minimum absolute atomic E-state index is 0.134. The molecule has 1 fully saturated rings. The SMILES string of the molecule is CCNC1CCC(c2ccc(F)cc2)CC1. The van der Waals surface area contributed by atoms with Crippen molar-refractivity contribution in [3.63, 3.8) is 0 Å². The van der Waals surface area contributed by atoms with Gasteiger partial charge in [0.1, 0.15) is 5.82 Å². The largest absolute Gasteiger partial charge is 0.314 e. The van der Waals surface area contributed by atoms with E-state index in [0.717, 1.165) is 6.54 Å². The molecular weight excluding hydrogens is 201 g/mol. The van der Waals surface area contributed by atoms with Crippen LogP contribution in [0.1, 0.15) is 44.1 Å². The highest BCUT2D eigenvalue weighted by Gasteiger charge is 2.21. The number of halogens is 1. The second-order valence-corrected chi connectivity index (χ2v) is 4.66. The summed E-state index contributed by atoms with van der Waals surface area (Å²) in [5.41, 5.74) is 1.30. The van der Waals surface area contributed by atoms with E-state index in [0.29, 0.717) is 12.0 Å². The smallest absolute Gasteiger partial charge is 0.123 e. The second kappa shape index (κ2) is 5.44. The lowest BCUT2D eigenvalue weighted by Gasteiger charge is -2.29. The molecular formula is C14H20FN. The quantitative estimate of drug-likeness (QED) is 0.824. The van der Waals surface area contributed by atoms with Gasteiger partial charge < -0.3 is 5.32 Å². The summed E-state index contributed by atoms with van der Waals surface area (Å²) in [6, 6.07) is 7.72. The molecule has 0 amide bonds. The Morgan fingerprint density at radius 2 is 1.75 bits per heavy atom. The lowest BCUT2D eigenvalue weighted by molar-refractivity contribution is 0.347. The first-order chi connectivity index (χ1) is 7.79. The fourth-order valence-electron chi connectivity index (χ4n) is 2.65. The van der Waals surface area contributed by atoms with Gasteiger partial charge in [-0.1, -0.05) is 19.1 Å². The van der Waals surface area contributed by atoms with Crippen molar-refractivity contribution in [1.29, 1.82) is 0 Å². The minimum Gasteiger partial charge on any atom is -0.314 e. The highest BCUT2D eigenvalue weighted by molar-refractivity contribution is 5.21. The molecule has 0 atom stereocenters. The standard InChI is InChI=1S/C14H20FN/c1-2-16-14-9-5-12(6-10-14)11-3-7-13(15)8-4-11/h3-4,7-8,12,14,16H,2,5-6,9-10H2,1H3. The molecule has 0 heterocycles. The average Bonchev–Trinajstić information content (AvgIpc) is 2.32. The van der Waals surface area contributed by atoms with E-state index in [1.54, 1.807) is 12.1 Å².